The molecule has 0 bridgehead atoms. The maximum absolute atomic E-state index is 11.8. The van der Waals surface area contributed by atoms with Gasteiger partial charge in [0.2, 0.25) is 5.91 Å². The molecular formula is C15H19N3OS. The zero-order valence-corrected chi connectivity index (χ0v) is 12.5. The van der Waals surface area contributed by atoms with Gasteiger partial charge in [-0.05, 0) is 29.5 Å². The molecule has 0 aliphatic carbocycles. The van der Waals surface area contributed by atoms with Gasteiger partial charge in [-0.1, -0.05) is 19.9 Å². The lowest BCUT2D eigenvalue weighted by molar-refractivity contribution is -0.115. The van der Waals surface area contributed by atoms with Crippen molar-refractivity contribution in [1.82, 2.24) is 4.98 Å². The number of anilines is 2. The second-order valence-electron chi connectivity index (χ2n) is 5.01. The first-order valence-electron chi connectivity index (χ1n) is 6.65. The predicted molar refractivity (Wildman–Crippen MR) is 84.2 cm³/mol. The molecule has 0 atom stereocenters. The molecule has 4 nitrogen and oxygen atoms in total. The Hall–Kier alpha value is -1.88. The van der Waals surface area contributed by atoms with Crippen molar-refractivity contribution in [3.05, 3.63) is 40.7 Å². The summed E-state index contributed by atoms with van der Waals surface area (Å²) >= 11 is 1.58. The number of amides is 1. The number of carbonyl (C=O) groups excluding carboxylic acids is 1. The van der Waals surface area contributed by atoms with Crippen molar-refractivity contribution in [2.24, 2.45) is 5.92 Å². The lowest BCUT2D eigenvalue weighted by Crippen LogP contribution is -2.15. The Bertz CT molecular complexity index is 535. The number of hydrogen-bond acceptors (Lipinski definition) is 4. The highest BCUT2D eigenvalue weighted by atomic mass is 32.1. The molecule has 20 heavy (non-hydrogen) atoms. The lowest BCUT2D eigenvalue weighted by atomic mass is 10.2. The Morgan fingerprint density at radius 3 is 2.80 bits per heavy atom. The van der Waals surface area contributed by atoms with Crippen LogP contribution in [0.15, 0.2) is 35.8 Å². The molecule has 0 aliphatic heterocycles. The van der Waals surface area contributed by atoms with Gasteiger partial charge in [0.25, 0.3) is 0 Å². The monoisotopic (exact) mass is 289 g/mol. The molecule has 106 valence electrons. The highest BCUT2D eigenvalue weighted by Gasteiger charge is 2.05. The number of hydrogen-bond donors (Lipinski definition) is 2. The van der Waals surface area contributed by atoms with E-state index in [2.05, 4.69) is 29.5 Å². The third-order valence-corrected chi connectivity index (χ3v) is 3.54. The number of rotatable bonds is 6. The standard InChI is InChI=1S/C15H19N3OS/c1-11(2)9-16-12-5-6-14(17-10-12)18-15(19)8-13-4-3-7-20-13/h3-7,10-11,16H,8-9H2,1-2H3,(H,17,18,19). The van der Waals surface area contributed by atoms with Gasteiger partial charge in [-0.3, -0.25) is 4.79 Å². The van der Waals surface area contributed by atoms with Gasteiger partial charge in [-0.15, -0.1) is 11.3 Å². The van der Waals surface area contributed by atoms with Gasteiger partial charge in [0.05, 0.1) is 18.3 Å². The van der Waals surface area contributed by atoms with E-state index in [1.807, 2.05) is 29.6 Å². The summed E-state index contributed by atoms with van der Waals surface area (Å²) in [6, 6.07) is 7.64. The molecule has 1 amide bonds. The summed E-state index contributed by atoms with van der Waals surface area (Å²) in [5, 5.41) is 8.06. The molecule has 0 aliphatic rings. The van der Waals surface area contributed by atoms with Crippen LogP contribution in [-0.4, -0.2) is 17.4 Å². The second kappa shape index (κ2) is 7.05. The van der Waals surface area contributed by atoms with Crippen molar-refractivity contribution >= 4 is 28.7 Å². The summed E-state index contributed by atoms with van der Waals surface area (Å²) in [5.41, 5.74) is 0.968. The zero-order valence-electron chi connectivity index (χ0n) is 11.7. The van der Waals surface area contributed by atoms with E-state index in [4.69, 9.17) is 0 Å². The van der Waals surface area contributed by atoms with E-state index >= 15 is 0 Å². The van der Waals surface area contributed by atoms with E-state index in [-0.39, 0.29) is 5.91 Å². The van der Waals surface area contributed by atoms with Crippen LogP contribution in [0.25, 0.3) is 0 Å². The fourth-order valence-electron chi connectivity index (χ4n) is 1.65. The normalized spacial score (nSPS) is 10.6. The van der Waals surface area contributed by atoms with E-state index in [1.165, 1.54) is 0 Å². The molecule has 0 spiro atoms. The van der Waals surface area contributed by atoms with Gasteiger partial charge in [-0.2, -0.15) is 0 Å². The van der Waals surface area contributed by atoms with Gasteiger partial charge in [0.15, 0.2) is 0 Å². The molecule has 0 aromatic carbocycles. The Kier molecular flexibility index (Phi) is 5.12. The van der Waals surface area contributed by atoms with E-state index < -0.39 is 0 Å². The van der Waals surface area contributed by atoms with E-state index in [0.29, 0.717) is 18.2 Å². The zero-order chi connectivity index (χ0) is 14.4. The van der Waals surface area contributed by atoms with Gasteiger partial charge in [0, 0.05) is 11.4 Å². The van der Waals surface area contributed by atoms with Gasteiger partial charge in [0.1, 0.15) is 5.82 Å². The van der Waals surface area contributed by atoms with Crippen LogP contribution in [0.2, 0.25) is 0 Å². The molecule has 2 N–H and O–H groups in total. The molecule has 0 radical (unpaired) electrons. The number of nitrogens with one attached hydrogen (secondary N) is 2. The topological polar surface area (TPSA) is 54.0 Å². The van der Waals surface area contributed by atoms with Crippen molar-refractivity contribution in [1.29, 1.82) is 0 Å². The molecule has 2 aromatic rings. The Labute approximate surface area is 123 Å². The summed E-state index contributed by atoms with van der Waals surface area (Å²) in [6.45, 7) is 5.21. The Balaban J connectivity index is 1.85. The van der Waals surface area contributed by atoms with Gasteiger partial charge in [-0.25, -0.2) is 4.98 Å². The van der Waals surface area contributed by atoms with Crippen molar-refractivity contribution in [3.63, 3.8) is 0 Å². The first-order valence-corrected chi connectivity index (χ1v) is 7.53. The van der Waals surface area contributed by atoms with Crippen LogP contribution in [0.3, 0.4) is 0 Å². The third kappa shape index (κ3) is 4.66. The van der Waals surface area contributed by atoms with Crippen LogP contribution in [0.4, 0.5) is 11.5 Å². The van der Waals surface area contributed by atoms with E-state index in [0.717, 1.165) is 17.1 Å². The fourth-order valence-corrected chi connectivity index (χ4v) is 2.36. The summed E-state index contributed by atoms with van der Waals surface area (Å²) in [5.74, 6) is 1.13. The average Bonchev–Trinajstić information content (AvgIpc) is 2.90. The molecule has 2 heterocycles. The minimum Gasteiger partial charge on any atom is -0.384 e. The molecule has 0 saturated heterocycles. The Morgan fingerprint density at radius 1 is 1.35 bits per heavy atom. The van der Waals surface area contributed by atoms with Gasteiger partial charge < -0.3 is 10.6 Å². The highest BCUT2D eigenvalue weighted by molar-refractivity contribution is 7.10. The van der Waals surface area contributed by atoms with E-state index in [9.17, 15) is 4.79 Å². The maximum Gasteiger partial charge on any atom is 0.230 e. The number of carbonyl (C=O) groups is 1. The number of thiophene rings is 1. The molecule has 2 rings (SSSR count). The average molecular weight is 289 g/mol. The molecule has 0 fully saturated rings. The largest absolute Gasteiger partial charge is 0.384 e. The van der Waals surface area contributed by atoms with Crippen molar-refractivity contribution < 1.29 is 4.79 Å². The smallest absolute Gasteiger partial charge is 0.230 e. The van der Waals surface area contributed by atoms with Crippen LogP contribution in [0.5, 0.6) is 0 Å². The predicted octanol–water partition coefficient (Wildman–Crippen LogP) is 3.39. The first kappa shape index (κ1) is 14.5. The lowest BCUT2D eigenvalue weighted by Gasteiger charge is -2.09. The number of aromatic nitrogens is 1. The molecule has 0 unspecified atom stereocenters. The Morgan fingerprint density at radius 2 is 2.20 bits per heavy atom. The minimum atomic E-state index is -0.0390. The van der Waals surface area contributed by atoms with Gasteiger partial charge >= 0.3 is 0 Å². The molecule has 5 heteroatoms. The van der Waals surface area contributed by atoms with Crippen LogP contribution < -0.4 is 10.6 Å². The first-order chi connectivity index (χ1) is 9.63. The van der Waals surface area contributed by atoms with Crippen LogP contribution in [0.1, 0.15) is 18.7 Å². The quantitative estimate of drug-likeness (QED) is 0.857. The van der Waals surface area contributed by atoms with Crippen molar-refractivity contribution in [2.75, 3.05) is 17.2 Å². The molecular weight excluding hydrogens is 270 g/mol. The van der Waals surface area contributed by atoms with Crippen LogP contribution in [0, 0.1) is 5.92 Å². The molecule has 2 aromatic heterocycles. The number of nitrogens with zero attached hydrogens (tertiary/aromatic N) is 1. The van der Waals surface area contributed by atoms with Crippen LogP contribution >= 0.6 is 11.3 Å². The second-order valence-corrected chi connectivity index (χ2v) is 6.04. The summed E-state index contributed by atoms with van der Waals surface area (Å²) in [6.07, 6.45) is 2.13. The molecule has 0 saturated carbocycles. The van der Waals surface area contributed by atoms with Crippen LogP contribution in [-0.2, 0) is 11.2 Å². The summed E-state index contributed by atoms with van der Waals surface area (Å²) < 4.78 is 0. The summed E-state index contributed by atoms with van der Waals surface area (Å²) in [7, 11) is 0. The minimum absolute atomic E-state index is 0.0390. The van der Waals surface area contributed by atoms with Crippen molar-refractivity contribution in [3.8, 4) is 0 Å². The summed E-state index contributed by atoms with van der Waals surface area (Å²) in [4.78, 5) is 17.1. The third-order valence-electron chi connectivity index (χ3n) is 2.66. The fraction of sp³-hybridized carbons (Fsp3) is 0.333. The van der Waals surface area contributed by atoms with E-state index in [1.54, 1.807) is 17.5 Å². The SMILES string of the molecule is CC(C)CNc1ccc(NC(=O)Cc2cccs2)nc1. The number of pyridine rings is 1. The maximum atomic E-state index is 11.8. The highest BCUT2D eigenvalue weighted by Crippen LogP contribution is 2.12. The van der Waals surface area contributed by atoms with Crippen molar-refractivity contribution in [2.45, 2.75) is 20.3 Å².